The lowest BCUT2D eigenvalue weighted by Gasteiger charge is -2.27. The third-order valence-electron chi connectivity index (χ3n) is 3.15. The summed E-state index contributed by atoms with van der Waals surface area (Å²) in [6, 6.07) is 7.39. The van der Waals surface area contributed by atoms with E-state index in [2.05, 4.69) is 5.32 Å². The van der Waals surface area contributed by atoms with Gasteiger partial charge in [-0.15, -0.1) is 0 Å². The predicted octanol–water partition coefficient (Wildman–Crippen LogP) is 1.99. The van der Waals surface area contributed by atoms with E-state index in [4.69, 9.17) is 9.47 Å². The SMILES string of the molecule is COc1cccc(C(=O)NC2CCOC(C)C2)c1. The van der Waals surface area contributed by atoms with E-state index in [1.165, 1.54) is 0 Å². The number of methoxy groups -OCH3 is 1. The summed E-state index contributed by atoms with van der Waals surface area (Å²) >= 11 is 0. The van der Waals surface area contributed by atoms with Crippen molar-refractivity contribution in [2.45, 2.75) is 31.9 Å². The zero-order valence-electron chi connectivity index (χ0n) is 10.8. The van der Waals surface area contributed by atoms with Crippen LogP contribution in [0.3, 0.4) is 0 Å². The number of ether oxygens (including phenoxy) is 2. The first-order chi connectivity index (χ1) is 8.69. The van der Waals surface area contributed by atoms with Gasteiger partial charge in [0.1, 0.15) is 5.75 Å². The molecule has 1 amide bonds. The Balaban J connectivity index is 1.98. The molecule has 0 bridgehead atoms. The molecule has 1 aromatic rings. The van der Waals surface area contributed by atoms with Crippen LogP contribution in [0.4, 0.5) is 0 Å². The fourth-order valence-corrected chi connectivity index (χ4v) is 2.16. The summed E-state index contributed by atoms with van der Waals surface area (Å²) in [6.07, 6.45) is 1.96. The molecule has 4 heteroatoms. The lowest BCUT2D eigenvalue weighted by atomic mass is 10.0. The van der Waals surface area contributed by atoms with Crippen LogP contribution < -0.4 is 10.1 Å². The minimum Gasteiger partial charge on any atom is -0.497 e. The molecule has 1 aliphatic heterocycles. The monoisotopic (exact) mass is 249 g/mol. The highest BCUT2D eigenvalue weighted by molar-refractivity contribution is 5.94. The van der Waals surface area contributed by atoms with E-state index in [1.54, 1.807) is 19.2 Å². The van der Waals surface area contributed by atoms with Crippen LogP contribution in [0, 0.1) is 0 Å². The topological polar surface area (TPSA) is 47.6 Å². The third-order valence-corrected chi connectivity index (χ3v) is 3.15. The number of amides is 1. The normalized spacial score (nSPS) is 23.4. The Labute approximate surface area is 107 Å². The smallest absolute Gasteiger partial charge is 0.251 e. The summed E-state index contributed by atoms with van der Waals surface area (Å²) < 4.78 is 10.6. The Morgan fingerprint density at radius 1 is 1.50 bits per heavy atom. The van der Waals surface area contributed by atoms with Crippen LogP contribution in [0.25, 0.3) is 0 Å². The van der Waals surface area contributed by atoms with Crippen LogP contribution in [0.1, 0.15) is 30.1 Å². The van der Waals surface area contributed by atoms with Gasteiger partial charge >= 0.3 is 0 Å². The molecule has 1 heterocycles. The van der Waals surface area contributed by atoms with Crippen molar-refractivity contribution in [3.63, 3.8) is 0 Å². The first-order valence-electron chi connectivity index (χ1n) is 6.25. The van der Waals surface area contributed by atoms with Crippen molar-refractivity contribution in [2.24, 2.45) is 0 Å². The van der Waals surface area contributed by atoms with E-state index < -0.39 is 0 Å². The van der Waals surface area contributed by atoms with Gasteiger partial charge in [0.05, 0.1) is 13.2 Å². The molecule has 98 valence electrons. The molecule has 4 nitrogen and oxygen atoms in total. The fourth-order valence-electron chi connectivity index (χ4n) is 2.16. The van der Waals surface area contributed by atoms with Crippen molar-refractivity contribution < 1.29 is 14.3 Å². The van der Waals surface area contributed by atoms with Crippen molar-refractivity contribution in [1.82, 2.24) is 5.32 Å². The summed E-state index contributed by atoms with van der Waals surface area (Å²) in [5.74, 6) is 0.649. The van der Waals surface area contributed by atoms with E-state index in [0.29, 0.717) is 17.9 Å². The zero-order chi connectivity index (χ0) is 13.0. The van der Waals surface area contributed by atoms with Crippen LogP contribution in [-0.2, 0) is 4.74 Å². The van der Waals surface area contributed by atoms with Crippen LogP contribution in [-0.4, -0.2) is 31.8 Å². The number of carbonyl (C=O) groups excluding carboxylic acids is 1. The second-order valence-electron chi connectivity index (χ2n) is 4.61. The standard InChI is InChI=1S/C14H19NO3/c1-10-8-12(6-7-18-10)15-14(16)11-4-3-5-13(9-11)17-2/h3-5,9-10,12H,6-8H2,1-2H3,(H,15,16). The van der Waals surface area contributed by atoms with Crippen LogP contribution in [0.2, 0.25) is 0 Å². The molecular weight excluding hydrogens is 230 g/mol. The number of hydrogen-bond donors (Lipinski definition) is 1. The largest absolute Gasteiger partial charge is 0.497 e. The average Bonchev–Trinajstić information content (AvgIpc) is 2.39. The van der Waals surface area contributed by atoms with Gasteiger partial charge in [0.2, 0.25) is 0 Å². The Morgan fingerprint density at radius 3 is 3.06 bits per heavy atom. The van der Waals surface area contributed by atoms with Crippen LogP contribution in [0.5, 0.6) is 5.75 Å². The zero-order valence-corrected chi connectivity index (χ0v) is 10.8. The molecule has 18 heavy (non-hydrogen) atoms. The number of nitrogens with one attached hydrogen (secondary N) is 1. The highest BCUT2D eigenvalue weighted by atomic mass is 16.5. The quantitative estimate of drug-likeness (QED) is 0.891. The maximum Gasteiger partial charge on any atom is 0.251 e. The third kappa shape index (κ3) is 3.23. The highest BCUT2D eigenvalue weighted by Gasteiger charge is 2.21. The van der Waals surface area contributed by atoms with Crippen molar-refractivity contribution >= 4 is 5.91 Å². The minimum absolute atomic E-state index is 0.0481. The molecule has 0 aliphatic carbocycles. The lowest BCUT2D eigenvalue weighted by Crippen LogP contribution is -2.41. The van der Waals surface area contributed by atoms with Crippen LogP contribution >= 0.6 is 0 Å². The van der Waals surface area contributed by atoms with Gasteiger partial charge in [-0.3, -0.25) is 4.79 Å². The lowest BCUT2D eigenvalue weighted by molar-refractivity contribution is 0.0136. The summed E-state index contributed by atoms with van der Waals surface area (Å²) in [5.41, 5.74) is 0.633. The van der Waals surface area contributed by atoms with Gasteiger partial charge in [0, 0.05) is 18.2 Å². The molecule has 1 aliphatic rings. The van der Waals surface area contributed by atoms with Gasteiger partial charge in [-0.2, -0.15) is 0 Å². The predicted molar refractivity (Wildman–Crippen MR) is 68.9 cm³/mol. The molecule has 1 saturated heterocycles. The molecule has 1 N–H and O–H groups in total. The van der Waals surface area contributed by atoms with Gasteiger partial charge in [-0.05, 0) is 38.0 Å². The first kappa shape index (κ1) is 12.9. The summed E-state index contributed by atoms with van der Waals surface area (Å²) in [5, 5.41) is 3.04. The van der Waals surface area contributed by atoms with Gasteiger partial charge in [0.15, 0.2) is 0 Å². The van der Waals surface area contributed by atoms with Crippen molar-refractivity contribution in [1.29, 1.82) is 0 Å². The first-order valence-corrected chi connectivity index (χ1v) is 6.25. The molecule has 0 saturated carbocycles. The Kier molecular flexibility index (Phi) is 4.20. The Bertz CT molecular complexity index is 419. The maximum absolute atomic E-state index is 12.1. The molecule has 2 atom stereocenters. The summed E-state index contributed by atoms with van der Waals surface area (Å²) in [6.45, 7) is 2.74. The van der Waals surface area contributed by atoms with Gasteiger partial charge < -0.3 is 14.8 Å². The molecule has 0 radical (unpaired) electrons. The van der Waals surface area contributed by atoms with Crippen molar-refractivity contribution in [2.75, 3.05) is 13.7 Å². The van der Waals surface area contributed by atoms with Gasteiger partial charge in [0.25, 0.3) is 5.91 Å². The minimum atomic E-state index is -0.0481. The number of hydrogen-bond acceptors (Lipinski definition) is 3. The second-order valence-corrected chi connectivity index (χ2v) is 4.61. The highest BCUT2D eigenvalue weighted by Crippen LogP contribution is 2.16. The average molecular weight is 249 g/mol. The fraction of sp³-hybridized carbons (Fsp3) is 0.500. The molecule has 2 unspecified atom stereocenters. The van der Waals surface area contributed by atoms with Gasteiger partial charge in [-0.1, -0.05) is 6.07 Å². The molecule has 2 rings (SSSR count). The number of benzene rings is 1. The van der Waals surface area contributed by atoms with E-state index in [1.807, 2.05) is 19.1 Å². The maximum atomic E-state index is 12.1. The molecule has 0 aromatic heterocycles. The van der Waals surface area contributed by atoms with E-state index in [9.17, 15) is 4.79 Å². The number of rotatable bonds is 3. The summed E-state index contributed by atoms with van der Waals surface area (Å²) in [4.78, 5) is 12.1. The van der Waals surface area contributed by atoms with Gasteiger partial charge in [-0.25, -0.2) is 0 Å². The van der Waals surface area contributed by atoms with Crippen LogP contribution in [0.15, 0.2) is 24.3 Å². The number of carbonyl (C=O) groups is 1. The van der Waals surface area contributed by atoms with E-state index >= 15 is 0 Å². The Hall–Kier alpha value is -1.55. The van der Waals surface area contributed by atoms with E-state index in [0.717, 1.165) is 12.8 Å². The molecule has 1 aromatic carbocycles. The Morgan fingerprint density at radius 2 is 2.33 bits per heavy atom. The summed E-state index contributed by atoms with van der Waals surface area (Å²) in [7, 11) is 1.59. The van der Waals surface area contributed by atoms with Crippen molar-refractivity contribution in [3.8, 4) is 5.75 Å². The van der Waals surface area contributed by atoms with E-state index in [-0.39, 0.29) is 18.1 Å². The molecule has 0 spiro atoms. The van der Waals surface area contributed by atoms with Crippen molar-refractivity contribution in [3.05, 3.63) is 29.8 Å². The molecular formula is C14H19NO3. The second kappa shape index (κ2) is 5.87. The molecule has 1 fully saturated rings.